The minimum Gasteiger partial charge on any atom is -0.506 e. The van der Waals surface area contributed by atoms with Crippen molar-refractivity contribution in [1.29, 1.82) is 0 Å². The predicted octanol–water partition coefficient (Wildman–Crippen LogP) is 3.24. The van der Waals surface area contributed by atoms with Gasteiger partial charge in [0.1, 0.15) is 5.75 Å². The minimum absolute atomic E-state index is 0. The maximum Gasteiger partial charge on any atom is 0.194 e. The molecule has 2 atom stereocenters. The van der Waals surface area contributed by atoms with Crippen LogP contribution in [-0.4, -0.2) is 73.1 Å². The van der Waals surface area contributed by atoms with E-state index in [0.29, 0.717) is 5.75 Å². The first-order valence-electron chi connectivity index (χ1n) is 11.0. The third-order valence-electron chi connectivity index (χ3n) is 5.40. The van der Waals surface area contributed by atoms with Crippen molar-refractivity contribution >= 4 is 35.6 Å². The average Bonchev–Trinajstić information content (AvgIpc) is 2.81. The minimum atomic E-state index is -0.664. The lowest BCUT2D eigenvalue weighted by atomic mass is 10.1. The van der Waals surface area contributed by atoms with Crippen molar-refractivity contribution in [2.24, 2.45) is 4.99 Å². The number of ether oxygens (including phenoxy) is 1. The Morgan fingerprint density at radius 2 is 1.72 bits per heavy atom. The number of halogens is 1. The summed E-state index contributed by atoms with van der Waals surface area (Å²) < 4.78 is 5.82. The Morgan fingerprint density at radius 3 is 2.38 bits per heavy atom. The van der Waals surface area contributed by atoms with Crippen molar-refractivity contribution < 1.29 is 14.9 Å². The Labute approximate surface area is 208 Å². The number of nitrogens with zero attached hydrogens (tertiary/aromatic N) is 3. The van der Waals surface area contributed by atoms with E-state index in [1.807, 2.05) is 62.4 Å². The molecule has 0 aromatic heterocycles. The summed E-state index contributed by atoms with van der Waals surface area (Å²) in [5.41, 5.74) is 1.96. The zero-order chi connectivity index (χ0) is 22.1. The summed E-state index contributed by atoms with van der Waals surface area (Å²) in [5, 5.41) is 23.8. The van der Waals surface area contributed by atoms with Crippen LogP contribution in [0.3, 0.4) is 0 Å². The molecule has 0 saturated carbocycles. The number of aliphatic hydroxyl groups is 1. The highest BCUT2D eigenvalue weighted by molar-refractivity contribution is 14.0. The lowest BCUT2D eigenvalue weighted by molar-refractivity contribution is 0.00104. The third-order valence-corrected chi connectivity index (χ3v) is 5.40. The van der Waals surface area contributed by atoms with Gasteiger partial charge in [-0.1, -0.05) is 42.5 Å². The van der Waals surface area contributed by atoms with Crippen LogP contribution in [-0.2, 0) is 4.74 Å². The molecule has 1 aliphatic heterocycles. The molecular weight excluding hydrogens is 519 g/mol. The fraction of sp³-hybridized carbons (Fsp3) is 0.458. The van der Waals surface area contributed by atoms with Crippen LogP contribution in [0.2, 0.25) is 0 Å². The van der Waals surface area contributed by atoms with E-state index in [1.54, 1.807) is 6.07 Å². The summed E-state index contributed by atoms with van der Waals surface area (Å²) in [5.74, 6) is 1.11. The monoisotopic (exact) mass is 554 g/mol. The molecule has 0 aliphatic carbocycles. The molecule has 0 amide bonds. The van der Waals surface area contributed by atoms with Gasteiger partial charge in [-0.25, -0.2) is 0 Å². The highest BCUT2D eigenvalue weighted by Gasteiger charge is 2.21. The van der Waals surface area contributed by atoms with E-state index in [0.717, 1.165) is 49.9 Å². The molecule has 0 radical (unpaired) electrons. The number of benzene rings is 2. The van der Waals surface area contributed by atoms with Crippen molar-refractivity contribution in [3.8, 4) is 5.75 Å². The summed E-state index contributed by atoms with van der Waals surface area (Å²) in [6.45, 7) is 8.47. The molecule has 2 unspecified atom stereocenters. The molecular formula is C24H35IN4O3. The Balaban J connectivity index is 0.00000363. The van der Waals surface area contributed by atoms with E-state index in [4.69, 9.17) is 4.74 Å². The van der Waals surface area contributed by atoms with Gasteiger partial charge in [-0.05, 0) is 31.5 Å². The number of aliphatic imine (C=N–C) groups is 1. The van der Waals surface area contributed by atoms with Crippen LogP contribution in [0.25, 0.3) is 0 Å². The number of nitrogens with one attached hydrogen (secondary N) is 1. The number of aliphatic hydroxyl groups excluding tert-OH is 1. The SMILES string of the molecule is CCNC(=NCC(O)COC(C)c1ccccc1)N1CCN(c2ccccc2O)CC1.I. The Hall–Kier alpha value is -2.04. The highest BCUT2D eigenvalue weighted by Crippen LogP contribution is 2.27. The van der Waals surface area contributed by atoms with Gasteiger partial charge in [-0.2, -0.15) is 0 Å². The standard InChI is InChI=1S/C24H34N4O3.HI/c1-3-25-24(26-17-21(29)18-31-19(2)20-9-5-4-6-10-20)28-15-13-27(14-16-28)22-11-7-8-12-23(22)30;/h4-12,19,21,29-30H,3,13-18H2,1-2H3,(H,25,26);1H. The van der Waals surface area contributed by atoms with E-state index < -0.39 is 6.10 Å². The second-order valence-electron chi connectivity index (χ2n) is 7.70. The number of phenols is 1. The van der Waals surface area contributed by atoms with Crippen LogP contribution >= 0.6 is 24.0 Å². The lowest BCUT2D eigenvalue weighted by Gasteiger charge is -2.38. The molecule has 0 spiro atoms. The lowest BCUT2D eigenvalue weighted by Crippen LogP contribution is -2.52. The molecule has 0 bridgehead atoms. The van der Waals surface area contributed by atoms with Gasteiger partial charge in [-0.15, -0.1) is 24.0 Å². The number of aromatic hydroxyl groups is 1. The van der Waals surface area contributed by atoms with Crippen LogP contribution in [0.15, 0.2) is 59.6 Å². The number of para-hydroxylation sites is 2. The zero-order valence-electron chi connectivity index (χ0n) is 18.9. The van der Waals surface area contributed by atoms with Crippen molar-refractivity contribution in [3.63, 3.8) is 0 Å². The normalized spacial score (nSPS) is 16.3. The number of piperazine rings is 1. The van der Waals surface area contributed by atoms with Crippen LogP contribution in [0.4, 0.5) is 5.69 Å². The van der Waals surface area contributed by atoms with E-state index in [9.17, 15) is 10.2 Å². The Kier molecular flexibility index (Phi) is 11.1. The van der Waals surface area contributed by atoms with E-state index >= 15 is 0 Å². The second-order valence-corrected chi connectivity index (χ2v) is 7.70. The average molecular weight is 554 g/mol. The molecule has 3 rings (SSSR count). The predicted molar refractivity (Wildman–Crippen MR) is 140 cm³/mol. The third kappa shape index (κ3) is 7.53. The largest absolute Gasteiger partial charge is 0.506 e. The molecule has 2 aromatic rings. The Morgan fingerprint density at radius 1 is 1.06 bits per heavy atom. The first-order chi connectivity index (χ1) is 15.1. The molecule has 1 aliphatic rings. The summed E-state index contributed by atoms with van der Waals surface area (Å²) in [6.07, 6.45) is -0.738. The van der Waals surface area contributed by atoms with Gasteiger partial charge in [-0.3, -0.25) is 4.99 Å². The number of anilines is 1. The highest BCUT2D eigenvalue weighted by atomic mass is 127. The van der Waals surface area contributed by atoms with Gasteiger partial charge < -0.3 is 30.1 Å². The first-order valence-corrected chi connectivity index (χ1v) is 11.0. The maximum absolute atomic E-state index is 10.4. The second kappa shape index (κ2) is 13.5. The molecule has 176 valence electrons. The number of guanidine groups is 1. The molecule has 32 heavy (non-hydrogen) atoms. The van der Waals surface area contributed by atoms with Crippen LogP contribution in [0, 0.1) is 0 Å². The maximum atomic E-state index is 10.4. The van der Waals surface area contributed by atoms with Crippen molar-refractivity contribution in [3.05, 3.63) is 60.2 Å². The molecule has 8 heteroatoms. The molecule has 2 aromatic carbocycles. The summed E-state index contributed by atoms with van der Waals surface area (Å²) in [6, 6.07) is 17.4. The fourth-order valence-electron chi connectivity index (χ4n) is 3.64. The van der Waals surface area contributed by atoms with Crippen LogP contribution in [0.1, 0.15) is 25.5 Å². The van der Waals surface area contributed by atoms with Crippen LogP contribution < -0.4 is 10.2 Å². The molecule has 1 heterocycles. The van der Waals surface area contributed by atoms with E-state index in [2.05, 4.69) is 20.1 Å². The number of rotatable bonds is 8. The topological polar surface area (TPSA) is 80.6 Å². The number of phenolic OH excluding ortho intramolecular Hbond substituents is 1. The first kappa shape index (κ1) is 26.2. The molecule has 7 nitrogen and oxygen atoms in total. The van der Waals surface area contributed by atoms with Gasteiger partial charge in [0, 0.05) is 32.7 Å². The summed E-state index contributed by atoms with van der Waals surface area (Å²) in [4.78, 5) is 9.01. The zero-order valence-corrected chi connectivity index (χ0v) is 21.2. The molecule has 3 N–H and O–H groups in total. The van der Waals surface area contributed by atoms with Gasteiger partial charge in [0.25, 0.3) is 0 Å². The summed E-state index contributed by atoms with van der Waals surface area (Å²) >= 11 is 0. The van der Waals surface area contributed by atoms with Gasteiger partial charge in [0.15, 0.2) is 5.96 Å². The van der Waals surface area contributed by atoms with E-state index in [-0.39, 0.29) is 43.2 Å². The van der Waals surface area contributed by atoms with Crippen molar-refractivity contribution in [1.82, 2.24) is 10.2 Å². The van der Waals surface area contributed by atoms with Gasteiger partial charge in [0.2, 0.25) is 0 Å². The van der Waals surface area contributed by atoms with Gasteiger partial charge >= 0.3 is 0 Å². The Bertz CT molecular complexity index is 829. The smallest absolute Gasteiger partial charge is 0.194 e. The van der Waals surface area contributed by atoms with Gasteiger partial charge in [0.05, 0.1) is 31.0 Å². The number of hydrogen-bond acceptors (Lipinski definition) is 5. The molecule has 1 fully saturated rings. The quantitative estimate of drug-likeness (QED) is 0.264. The summed E-state index contributed by atoms with van der Waals surface area (Å²) in [7, 11) is 0. The fourth-order valence-corrected chi connectivity index (χ4v) is 3.64. The van der Waals surface area contributed by atoms with Crippen molar-refractivity contribution in [2.45, 2.75) is 26.1 Å². The molecule has 1 saturated heterocycles. The van der Waals surface area contributed by atoms with E-state index in [1.165, 1.54) is 0 Å². The van der Waals surface area contributed by atoms with Crippen molar-refractivity contribution in [2.75, 3.05) is 50.8 Å². The number of hydrogen-bond donors (Lipinski definition) is 3. The van der Waals surface area contributed by atoms with Crippen LogP contribution in [0.5, 0.6) is 5.75 Å².